The molecule has 1 atom stereocenters. The molecule has 1 aromatic rings. The van der Waals surface area contributed by atoms with Crippen LogP contribution in [0.15, 0.2) is 0 Å². The average Bonchev–Trinajstić information content (AvgIpc) is 2.28. The van der Waals surface area contributed by atoms with Gasteiger partial charge in [0.15, 0.2) is 5.82 Å². The van der Waals surface area contributed by atoms with Gasteiger partial charge in [0.2, 0.25) is 11.9 Å². The molecule has 2 N–H and O–H groups in total. The summed E-state index contributed by atoms with van der Waals surface area (Å²) in [6, 6.07) is 0. The third-order valence-electron chi connectivity index (χ3n) is 2.75. The first-order valence-corrected chi connectivity index (χ1v) is 6.04. The number of hydrogen-bond donors (Lipinski definition) is 1. The third kappa shape index (κ3) is 2.52. The topological polar surface area (TPSA) is 67.9 Å². The van der Waals surface area contributed by atoms with E-state index in [9.17, 15) is 0 Å². The van der Waals surface area contributed by atoms with E-state index in [1.54, 1.807) is 0 Å². The molecule has 0 radical (unpaired) electrons. The number of hydrogen-bond acceptors (Lipinski definition) is 5. The van der Waals surface area contributed by atoms with Crippen LogP contribution in [-0.4, -0.2) is 28.0 Å². The Balaban J connectivity index is 2.21. The number of halogens is 1. The number of alkyl halides is 1. The van der Waals surface area contributed by atoms with E-state index < -0.39 is 0 Å². The summed E-state index contributed by atoms with van der Waals surface area (Å²) < 4.78 is 0. The van der Waals surface area contributed by atoms with Crippen molar-refractivity contribution in [3.8, 4) is 0 Å². The molecule has 5 nitrogen and oxygen atoms in total. The van der Waals surface area contributed by atoms with Crippen LogP contribution in [0.1, 0.15) is 25.6 Å². The van der Waals surface area contributed by atoms with Crippen LogP contribution >= 0.6 is 11.6 Å². The van der Waals surface area contributed by atoms with Crippen molar-refractivity contribution in [2.75, 3.05) is 23.7 Å². The summed E-state index contributed by atoms with van der Waals surface area (Å²) >= 11 is 5.71. The Morgan fingerprint density at radius 2 is 2.25 bits per heavy atom. The second kappa shape index (κ2) is 4.82. The lowest BCUT2D eigenvalue weighted by Crippen LogP contribution is -2.35. The fourth-order valence-electron chi connectivity index (χ4n) is 2.00. The number of piperidine rings is 1. The van der Waals surface area contributed by atoms with Crippen LogP contribution in [0.3, 0.4) is 0 Å². The summed E-state index contributed by atoms with van der Waals surface area (Å²) in [5.74, 6) is 2.39. The van der Waals surface area contributed by atoms with Crippen LogP contribution in [0.2, 0.25) is 0 Å². The highest BCUT2D eigenvalue weighted by Gasteiger charge is 2.19. The Morgan fingerprint density at radius 3 is 2.94 bits per heavy atom. The average molecular weight is 242 g/mol. The molecule has 88 valence electrons. The molecule has 0 spiro atoms. The molecule has 0 aliphatic carbocycles. The van der Waals surface area contributed by atoms with E-state index in [4.69, 9.17) is 17.3 Å². The zero-order valence-electron chi connectivity index (χ0n) is 9.36. The molecule has 1 aliphatic heterocycles. The lowest BCUT2D eigenvalue weighted by Gasteiger charge is -2.30. The molecule has 1 saturated heterocycles. The van der Waals surface area contributed by atoms with Gasteiger partial charge in [0.25, 0.3) is 0 Å². The molecule has 16 heavy (non-hydrogen) atoms. The smallest absolute Gasteiger partial charge is 0.230 e. The van der Waals surface area contributed by atoms with Crippen molar-refractivity contribution < 1.29 is 0 Å². The number of nitrogen functional groups attached to an aromatic ring is 1. The van der Waals surface area contributed by atoms with Gasteiger partial charge in [-0.1, -0.05) is 6.92 Å². The Kier molecular flexibility index (Phi) is 3.43. The quantitative estimate of drug-likeness (QED) is 0.794. The minimum Gasteiger partial charge on any atom is -0.368 e. The van der Waals surface area contributed by atoms with Crippen LogP contribution < -0.4 is 10.6 Å². The molecule has 0 aromatic carbocycles. The Bertz CT molecular complexity index is 370. The van der Waals surface area contributed by atoms with Crippen LogP contribution in [0, 0.1) is 5.92 Å². The van der Waals surface area contributed by atoms with Gasteiger partial charge in [0, 0.05) is 13.1 Å². The SMILES string of the molecule is C[C@H]1CCCN(c2nc(N)nc(CCl)n2)C1. The van der Waals surface area contributed by atoms with Crippen LogP contribution in [0.5, 0.6) is 0 Å². The van der Waals surface area contributed by atoms with Gasteiger partial charge < -0.3 is 10.6 Å². The van der Waals surface area contributed by atoms with Crippen LogP contribution in [-0.2, 0) is 5.88 Å². The first-order chi connectivity index (χ1) is 7.69. The largest absolute Gasteiger partial charge is 0.368 e. The minimum atomic E-state index is 0.249. The maximum atomic E-state index is 5.71. The van der Waals surface area contributed by atoms with Crippen molar-refractivity contribution in [2.24, 2.45) is 5.92 Å². The fraction of sp³-hybridized carbons (Fsp3) is 0.700. The second-order valence-electron chi connectivity index (χ2n) is 4.24. The highest BCUT2D eigenvalue weighted by molar-refractivity contribution is 6.16. The van der Waals surface area contributed by atoms with Crippen molar-refractivity contribution in [2.45, 2.75) is 25.6 Å². The molecule has 0 bridgehead atoms. The summed E-state index contributed by atoms with van der Waals surface area (Å²) in [6.07, 6.45) is 2.43. The molecule has 1 aromatic heterocycles. The molecule has 1 aliphatic rings. The monoisotopic (exact) mass is 241 g/mol. The molecule has 0 unspecified atom stereocenters. The first-order valence-electron chi connectivity index (χ1n) is 5.50. The van der Waals surface area contributed by atoms with Gasteiger partial charge in [0.05, 0.1) is 5.88 Å². The fourth-order valence-corrected chi connectivity index (χ4v) is 2.12. The molecule has 1 fully saturated rings. The van der Waals surface area contributed by atoms with Gasteiger partial charge in [-0.25, -0.2) is 0 Å². The van der Waals surface area contributed by atoms with E-state index in [-0.39, 0.29) is 11.8 Å². The van der Waals surface area contributed by atoms with Crippen molar-refractivity contribution in [1.29, 1.82) is 0 Å². The minimum absolute atomic E-state index is 0.249. The molecule has 2 rings (SSSR count). The number of nitrogens with two attached hydrogens (primary N) is 1. The van der Waals surface area contributed by atoms with E-state index in [0.29, 0.717) is 17.7 Å². The third-order valence-corrected chi connectivity index (χ3v) is 2.99. The van der Waals surface area contributed by atoms with E-state index in [0.717, 1.165) is 13.1 Å². The maximum Gasteiger partial charge on any atom is 0.230 e. The van der Waals surface area contributed by atoms with Crippen LogP contribution in [0.25, 0.3) is 0 Å². The van der Waals surface area contributed by atoms with Crippen molar-refractivity contribution in [3.63, 3.8) is 0 Å². The molecule has 2 heterocycles. The summed E-state index contributed by atoms with van der Waals surface area (Å²) in [7, 11) is 0. The highest BCUT2D eigenvalue weighted by atomic mass is 35.5. The maximum absolute atomic E-state index is 5.71. The van der Waals surface area contributed by atoms with E-state index in [2.05, 4.69) is 26.8 Å². The predicted octanol–water partition coefficient (Wildman–Crippen LogP) is 1.43. The predicted molar refractivity (Wildman–Crippen MR) is 64.4 cm³/mol. The zero-order chi connectivity index (χ0) is 11.5. The standard InChI is InChI=1S/C10H16ClN5/c1-7-3-2-4-16(6-7)10-14-8(5-11)13-9(12)15-10/h7H,2-6H2,1H3,(H2,12,13,14,15)/t7-/m0/s1. The summed E-state index contributed by atoms with van der Waals surface area (Å²) in [5.41, 5.74) is 5.63. The Morgan fingerprint density at radius 1 is 1.44 bits per heavy atom. The van der Waals surface area contributed by atoms with Crippen molar-refractivity contribution in [3.05, 3.63) is 5.82 Å². The number of anilines is 2. The van der Waals surface area contributed by atoms with Crippen molar-refractivity contribution >= 4 is 23.5 Å². The highest BCUT2D eigenvalue weighted by Crippen LogP contribution is 2.20. The van der Waals surface area contributed by atoms with Gasteiger partial charge in [-0.3, -0.25) is 0 Å². The molecule has 6 heteroatoms. The van der Waals surface area contributed by atoms with Gasteiger partial charge >= 0.3 is 0 Å². The van der Waals surface area contributed by atoms with Crippen molar-refractivity contribution in [1.82, 2.24) is 15.0 Å². The van der Waals surface area contributed by atoms with Gasteiger partial charge in [-0.15, -0.1) is 11.6 Å². The molecular weight excluding hydrogens is 226 g/mol. The Labute approximate surface area is 100 Å². The Hall–Kier alpha value is -1.10. The lowest BCUT2D eigenvalue weighted by atomic mass is 10.0. The molecule has 0 saturated carbocycles. The van der Waals surface area contributed by atoms with Gasteiger partial charge in [-0.05, 0) is 18.8 Å². The summed E-state index contributed by atoms with van der Waals surface area (Å²) in [4.78, 5) is 14.6. The molecule has 0 amide bonds. The van der Waals surface area contributed by atoms with Gasteiger partial charge in [-0.2, -0.15) is 15.0 Å². The summed E-state index contributed by atoms with van der Waals surface area (Å²) in [6.45, 7) is 4.19. The van der Waals surface area contributed by atoms with Crippen LogP contribution in [0.4, 0.5) is 11.9 Å². The summed E-state index contributed by atoms with van der Waals surface area (Å²) in [5, 5.41) is 0. The number of aromatic nitrogens is 3. The number of nitrogens with zero attached hydrogens (tertiary/aromatic N) is 4. The zero-order valence-corrected chi connectivity index (χ0v) is 10.1. The molecular formula is C10H16ClN5. The van der Waals surface area contributed by atoms with E-state index in [1.807, 2.05) is 0 Å². The second-order valence-corrected chi connectivity index (χ2v) is 4.50. The normalized spacial score (nSPS) is 21.1. The lowest BCUT2D eigenvalue weighted by molar-refractivity contribution is 0.441. The van der Waals surface area contributed by atoms with E-state index >= 15 is 0 Å². The first kappa shape index (κ1) is 11.4. The van der Waals surface area contributed by atoms with Gasteiger partial charge in [0.1, 0.15) is 0 Å². The van der Waals surface area contributed by atoms with E-state index in [1.165, 1.54) is 12.8 Å². The number of rotatable bonds is 2.